The second-order valence-electron chi connectivity index (χ2n) is 5.97. The van der Waals surface area contributed by atoms with Gasteiger partial charge in [0.1, 0.15) is 0 Å². The Hall–Kier alpha value is -1.21. The minimum Gasteiger partial charge on any atom is -0.448 e. The lowest BCUT2D eigenvalue weighted by Gasteiger charge is -2.42. The van der Waals surface area contributed by atoms with Crippen molar-refractivity contribution >= 4 is 40.7 Å². The summed E-state index contributed by atoms with van der Waals surface area (Å²) in [6, 6.07) is 9.05. The molecule has 0 aromatic heterocycles. The maximum absolute atomic E-state index is 8.87. The normalized spacial score (nSPS) is 28.9. The van der Waals surface area contributed by atoms with E-state index < -0.39 is 34.2 Å². The van der Waals surface area contributed by atoms with Crippen LogP contribution in [0.1, 0.15) is 19.4 Å². The number of alkyl halides is 3. The van der Waals surface area contributed by atoms with Gasteiger partial charge in [-0.3, -0.25) is 5.41 Å². The molecule has 7 nitrogen and oxygen atoms in total. The van der Waals surface area contributed by atoms with Crippen LogP contribution in [0.25, 0.3) is 10.4 Å². The third-order valence-corrected chi connectivity index (χ3v) is 4.59. The van der Waals surface area contributed by atoms with Gasteiger partial charge in [0.2, 0.25) is 12.2 Å². The van der Waals surface area contributed by atoms with Crippen LogP contribution in [0.4, 0.5) is 0 Å². The fraction of sp³-hybridized carbons (Fsp3) is 0.562. The maximum atomic E-state index is 8.87. The van der Waals surface area contributed by atoms with Gasteiger partial charge in [0.05, 0.1) is 24.9 Å². The first-order valence-electron chi connectivity index (χ1n) is 7.91. The van der Waals surface area contributed by atoms with Crippen molar-refractivity contribution in [1.82, 2.24) is 0 Å². The van der Waals surface area contributed by atoms with Crippen LogP contribution in [0.15, 0.2) is 35.4 Å². The summed E-state index contributed by atoms with van der Waals surface area (Å²) in [5.41, 5.74) is 9.85. The fourth-order valence-corrected chi connectivity index (χ4v) is 2.84. The molecule has 1 saturated heterocycles. The topological polar surface area (TPSA) is 100 Å². The van der Waals surface area contributed by atoms with Crippen LogP contribution in [0.2, 0.25) is 0 Å². The third-order valence-electron chi connectivity index (χ3n) is 4.08. The van der Waals surface area contributed by atoms with Crippen molar-refractivity contribution in [1.29, 1.82) is 5.41 Å². The number of hydrogen-bond acceptors (Lipinski definition) is 5. The fourth-order valence-electron chi connectivity index (χ4n) is 2.70. The first kappa shape index (κ1) is 21.1. The van der Waals surface area contributed by atoms with Crippen molar-refractivity contribution in [2.75, 3.05) is 0 Å². The molecule has 1 N–H and O–H groups in total. The lowest BCUT2D eigenvalue weighted by atomic mass is 9.91. The van der Waals surface area contributed by atoms with Crippen molar-refractivity contribution in [3.8, 4) is 0 Å². The Morgan fingerprint density at radius 2 is 1.96 bits per heavy atom. The standard InChI is InChI=1S/C16H19Cl3N4O3/c1-9-13(24-8-11-6-4-3-5-7-11)12(22-23-21)10(2)25-14(9)26-15(20)16(17,18)19/h3-7,9-10,12-14,20H,8H2,1-2H3/t9?,10?,12-,13-,14?/m1/s1. The summed E-state index contributed by atoms with van der Waals surface area (Å²) in [5.74, 6) is -0.922. The smallest absolute Gasteiger partial charge is 0.265 e. The second kappa shape index (κ2) is 9.13. The summed E-state index contributed by atoms with van der Waals surface area (Å²) in [4.78, 5) is 2.89. The van der Waals surface area contributed by atoms with Crippen molar-refractivity contribution in [2.24, 2.45) is 11.0 Å². The second-order valence-corrected chi connectivity index (χ2v) is 8.25. The van der Waals surface area contributed by atoms with Crippen molar-refractivity contribution < 1.29 is 14.2 Å². The molecule has 0 aliphatic carbocycles. The van der Waals surface area contributed by atoms with Gasteiger partial charge in [0, 0.05) is 10.8 Å². The molecule has 3 unspecified atom stereocenters. The van der Waals surface area contributed by atoms with Crippen LogP contribution in [0.5, 0.6) is 0 Å². The lowest BCUT2D eigenvalue weighted by Crippen LogP contribution is -2.54. The number of ether oxygens (including phenoxy) is 3. The summed E-state index contributed by atoms with van der Waals surface area (Å²) < 4.78 is 15.2. The summed E-state index contributed by atoms with van der Waals surface area (Å²) in [5, 5.41) is 11.6. The SMILES string of the molecule is CC1OC(OC(=N)C(Cl)(Cl)Cl)C(C)[C@@H](OCc2ccccc2)[C@@H]1N=[N+]=[N-]. The van der Waals surface area contributed by atoms with Crippen molar-refractivity contribution in [3.63, 3.8) is 0 Å². The van der Waals surface area contributed by atoms with Gasteiger partial charge in [0.15, 0.2) is 0 Å². The maximum Gasteiger partial charge on any atom is 0.265 e. The predicted octanol–water partition coefficient (Wildman–Crippen LogP) is 5.00. The van der Waals surface area contributed by atoms with Crippen LogP contribution < -0.4 is 0 Å². The van der Waals surface area contributed by atoms with Crippen molar-refractivity contribution in [2.45, 2.75) is 48.8 Å². The number of azide groups is 1. The van der Waals surface area contributed by atoms with E-state index >= 15 is 0 Å². The van der Waals surface area contributed by atoms with Crippen LogP contribution in [-0.4, -0.2) is 34.2 Å². The van der Waals surface area contributed by atoms with Crippen LogP contribution in [0, 0.1) is 11.3 Å². The molecule has 142 valence electrons. The number of rotatable bonds is 5. The van der Waals surface area contributed by atoms with Gasteiger partial charge in [-0.15, -0.1) is 0 Å². The van der Waals surface area contributed by atoms with Gasteiger partial charge in [-0.2, -0.15) is 0 Å². The molecule has 5 atom stereocenters. The average Bonchev–Trinajstić information content (AvgIpc) is 2.59. The molecule has 26 heavy (non-hydrogen) atoms. The molecule has 0 saturated carbocycles. The molecule has 1 aromatic carbocycles. The third kappa shape index (κ3) is 5.39. The van der Waals surface area contributed by atoms with E-state index in [9.17, 15) is 0 Å². The Labute approximate surface area is 166 Å². The molecule has 1 heterocycles. The van der Waals surface area contributed by atoms with Gasteiger partial charge in [0.25, 0.3) is 3.79 Å². The summed E-state index contributed by atoms with van der Waals surface area (Å²) in [6.07, 6.45) is -1.88. The lowest BCUT2D eigenvalue weighted by molar-refractivity contribution is -0.227. The number of nitrogens with zero attached hydrogens (tertiary/aromatic N) is 3. The van der Waals surface area contributed by atoms with E-state index in [1.54, 1.807) is 13.8 Å². The van der Waals surface area contributed by atoms with Gasteiger partial charge in [-0.05, 0) is 18.0 Å². The highest BCUT2D eigenvalue weighted by molar-refractivity contribution is 6.76. The van der Waals surface area contributed by atoms with E-state index in [1.807, 2.05) is 30.3 Å². The van der Waals surface area contributed by atoms with E-state index in [0.717, 1.165) is 5.56 Å². The number of halogens is 3. The molecule has 1 aliphatic heterocycles. The number of benzene rings is 1. The Morgan fingerprint density at radius 1 is 1.31 bits per heavy atom. The summed E-state index contributed by atoms with van der Waals surface area (Å²) in [7, 11) is 0. The van der Waals surface area contributed by atoms with Gasteiger partial charge >= 0.3 is 0 Å². The Morgan fingerprint density at radius 3 is 2.54 bits per heavy atom. The molecule has 10 heteroatoms. The molecule has 0 bridgehead atoms. The van der Waals surface area contributed by atoms with Crippen LogP contribution in [0.3, 0.4) is 0 Å². The highest BCUT2D eigenvalue weighted by Crippen LogP contribution is 2.34. The number of hydrogen-bond donors (Lipinski definition) is 1. The number of nitrogens with one attached hydrogen (secondary N) is 1. The molecule has 0 spiro atoms. The zero-order valence-corrected chi connectivity index (χ0v) is 16.4. The molecule has 2 rings (SSSR count). The zero-order valence-electron chi connectivity index (χ0n) is 14.2. The quantitative estimate of drug-likeness (QED) is 0.181. The predicted molar refractivity (Wildman–Crippen MR) is 101 cm³/mol. The highest BCUT2D eigenvalue weighted by atomic mass is 35.6. The molecule has 1 aromatic rings. The Kier molecular flexibility index (Phi) is 7.41. The van der Waals surface area contributed by atoms with Gasteiger partial charge in [-0.1, -0.05) is 77.2 Å². The Balaban J connectivity index is 2.16. The summed E-state index contributed by atoms with van der Waals surface area (Å²) in [6.45, 7) is 3.87. The zero-order chi connectivity index (χ0) is 19.3. The van der Waals surface area contributed by atoms with E-state index in [-0.39, 0.29) is 5.92 Å². The largest absolute Gasteiger partial charge is 0.448 e. The Bertz CT molecular complexity index is 664. The van der Waals surface area contributed by atoms with Crippen molar-refractivity contribution in [3.05, 3.63) is 46.3 Å². The van der Waals surface area contributed by atoms with Gasteiger partial charge < -0.3 is 14.2 Å². The minimum atomic E-state index is -1.99. The van der Waals surface area contributed by atoms with E-state index in [2.05, 4.69) is 10.0 Å². The van der Waals surface area contributed by atoms with Crippen LogP contribution in [-0.2, 0) is 20.8 Å². The van der Waals surface area contributed by atoms with E-state index in [4.69, 9.17) is 60.0 Å². The molecule has 0 radical (unpaired) electrons. The first-order valence-corrected chi connectivity index (χ1v) is 9.05. The minimum absolute atomic E-state index is 0.328. The first-order chi connectivity index (χ1) is 12.2. The van der Waals surface area contributed by atoms with Gasteiger partial charge in [-0.25, -0.2) is 0 Å². The van der Waals surface area contributed by atoms with E-state index in [1.165, 1.54) is 0 Å². The molecular weight excluding hydrogens is 403 g/mol. The van der Waals surface area contributed by atoms with Crippen LogP contribution >= 0.6 is 34.8 Å². The molecule has 0 amide bonds. The highest BCUT2D eigenvalue weighted by Gasteiger charge is 2.45. The average molecular weight is 422 g/mol. The molecular formula is C16H19Cl3N4O3. The molecule has 1 fully saturated rings. The monoisotopic (exact) mass is 420 g/mol. The van der Waals surface area contributed by atoms with E-state index in [0.29, 0.717) is 6.61 Å². The molecule has 1 aliphatic rings. The summed E-state index contributed by atoms with van der Waals surface area (Å²) >= 11 is 17.0.